The Balaban J connectivity index is 2.15. The maximum atomic E-state index is 12.1. The lowest BCUT2D eigenvalue weighted by atomic mass is 10.1. The van der Waals surface area contributed by atoms with Crippen LogP contribution in [0.25, 0.3) is 11.0 Å². The SMILES string of the molecule is O=c1oc2ccccc2cc1C(Br)c1ccccc1. The van der Waals surface area contributed by atoms with Crippen molar-refractivity contribution in [2.75, 3.05) is 0 Å². The summed E-state index contributed by atoms with van der Waals surface area (Å²) in [7, 11) is 0. The predicted molar refractivity (Wildman–Crippen MR) is 79.7 cm³/mol. The lowest BCUT2D eigenvalue weighted by Gasteiger charge is -2.09. The molecule has 0 radical (unpaired) electrons. The van der Waals surface area contributed by atoms with Gasteiger partial charge in [-0.2, -0.15) is 0 Å². The van der Waals surface area contributed by atoms with Crippen molar-refractivity contribution >= 4 is 26.9 Å². The highest BCUT2D eigenvalue weighted by molar-refractivity contribution is 9.09. The van der Waals surface area contributed by atoms with Gasteiger partial charge in [0.15, 0.2) is 0 Å². The lowest BCUT2D eigenvalue weighted by Crippen LogP contribution is -2.09. The molecule has 1 atom stereocenters. The minimum Gasteiger partial charge on any atom is -0.422 e. The molecule has 0 bridgehead atoms. The zero-order valence-electron chi connectivity index (χ0n) is 10.0. The summed E-state index contributed by atoms with van der Waals surface area (Å²) >= 11 is 3.57. The van der Waals surface area contributed by atoms with E-state index in [-0.39, 0.29) is 10.5 Å². The van der Waals surface area contributed by atoms with Crippen molar-refractivity contribution in [3.8, 4) is 0 Å². The van der Waals surface area contributed by atoms with E-state index in [0.717, 1.165) is 10.9 Å². The molecule has 0 saturated carbocycles. The molecule has 3 aromatic rings. The van der Waals surface area contributed by atoms with Crippen molar-refractivity contribution in [1.29, 1.82) is 0 Å². The summed E-state index contributed by atoms with van der Waals surface area (Å²) in [5.74, 6) is 0. The van der Waals surface area contributed by atoms with Crippen LogP contribution in [0.5, 0.6) is 0 Å². The highest BCUT2D eigenvalue weighted by Gasteiger charge is 2.15. The standard InChI is InChI=1S/C16H11BrO2/c17-15(11-6-2-1-3-7-11)13-10-12-8-4-5-9-14(12)19-16(13)18/h1-10,15H. The average molecular weight is 315 g/mol. The molecule has 0 aliphatic rings. The molecule has 0 aliphatic heterocycles. The number of hydrogen-bond acceptors (Lipinski definition) is 2. The quantitative estimate of drug-likeness (QED) is 0.522. The second-order valence-electron chi connectivity index (χ2n) is 4.30. The topological polar surface area (TPSA) is 30.2 Å². The molecule has 2 aromatic carbocycles. The molecule has 0 fully saturated rings. The summed E-state index contributed by atoms with van der Waals surface area (Å²) < 4.78 is 5.35. The fourth-order valence-electron chi connectivity index (χ4n) is 2.06. The fourth-order valence-corrected chi connectivity index (χ4v) is 2.68. The number of halogens is 1. The van der Waals surface area contributed by atoms with Gasteiger partial charge >= 0.3 is 5.63 Å². The van der Waals surface area contributed by atoms with E-state index in [4.69, 9.17) is 4.42 Å². The van der Waals surface area contributed by atoms with Gasteiger partial charge < -0.3 is 4.42 Å². The second kappa shape index (κ2) is 5.02. The average Bonchev–Trinajstić information content (AvgIpc) is 2.47. The summed E-state index contributed by atoms with van der Waals surface area (Å²) in [6.45, 7) is 0. The molecule has 0 amide bonds. The Kier molecular flexibility index (Phi) is 3.22. The van der Waals surface area contributed by atoms with E-state index >= 15 is 0 Å². The molecule has 3 heteroatoms. The van der Waals surface area contributed by atoms with Crippen molar-refractivity contribution in [3.63, 3.8) is 0 Å². The normalized spacial score (nSPS) is 12.5. The molecule has 19 heavy (non-hydrogen) atoms. The first kappa shape index (κ1) is 12.2. The van der Waals surface area contributed by atoms with Gasteiger partial charge in [0, 0.05) is 5.39 Å². The Morgan fingerprint density at radius 3 is 2.42 bits per heavy atom. The largest absolute Gasteiger partial charge is 0.422 e. The predicted octanol–water partition coefficient (Wildman–Crippen LogP) is 4.28. The smallest absolute Gasteiger partial charge is 0.340 e. The van der Waals surface area contributed by atoms with Crippen LogP contribution in [-0.2, 0) is 0 Å². The monoisotopic (exact) mass is 314 g/mol. The molecule has 1 unspecified atom stereocenters. The van der Waals surface area contributed by atoms with Crippen molar-refractivity contribution in [3.05, 3.63) is 82.2 Å². The summed E-state index contributed by atoms with van der Waals surface area (Å²) in [4.78, 5) is 11.9. The van der Waals surface area contributed by atoms with E-state index in [9.17, 15) is 4.79 Å². The number of hydrogen-bond donors (Lipinski definition) is 0. The summed E-state index contributed by atoms with van der Waals surface area (Å²) in [6.07, 6.45) is 0. The Morgan fingerprint density at radius 2 is 1.63 bits per heavy atom. The van der Waals surface area contributed by atoms with Gasteiger partial charge in [-0.25, -0.2) is 4.79 Å². The van der Waals surface area contributed by atoms with Gasteiger partial charge in [0.1, 0.15) is 5.58 Å². The van der Waals surface area contributed by atoms with Gasteiger partial charge in [-0.1, -0.05) is 64.5 Å². The lowest BCUT2D eigenvalue weighted by molar-refractivity contribution is 0.552. The molecule has 3 rings (SSSR count). The van der Waals surface area contributed by atoms with Gasteiger partial charge in [0.2, 0.25) is 0 Å². The number of rotatable bonds is 2. The summed E-state index contributed by atoms with van der Waals surface area (Å²) in [6, 6.07) is 19.2. The van der Waals surface area contributed by atoms with E-state index in [1.165, 1.54) is 0 Å². The molecule has 1 heterocycles. The van der Waals surface area contributed by atoms with Crippen molar-refractivity contribution in [2.45, 2.75) is 4.83 Å². The second-order valence-corrected chi connectivity index (χ2v) is 5.22. The van der Waals surface area contributed by atoms with Crippen LogP contribution in [0.2, 0.25) is 0 Å². The minimum absolute atomic E-state index is 0.158. The maximum absolute atomic E-state index is 12.1. The molecule has 2 nitrogen and oxygen atoms in total. The first-order valence-electron chi connectivity index (χ1n) is 5.97. The third kappa shape index (κ3) is 2.34. The molecule has 94 valence electrons. The zero-order valence-corrected chi connectivity index (χ0v) is 11.6. The van der Waals surface area contributed by atoms with Gasteiger partial charge in [0.05, 0.1) is 10.4 Å². The third-order valence-electron chi connectivity index (χ3n) is 3.03. The first-order valence-corrected chi connectivity index (χ1v) is 6.89. The number of benzene rings is 2. The van der Waals surface area contributed by atoms with Crippen LogP contribution >= 0.6 is 15.9 Å². The Hall–Kier alpha value is -1.87. The van der Waals surface area contributed by atoms with Gasteiger partial charge in [-0.15, -0.1) is 0 Å². The van der Waals surface area contributed by atoms with Crippen molar-refractivity contribution in [1.82, 2.24) is 0 Å². The molecule has 0 spiro atoms. The van der Waals surface area contributed by atoms with Gasteiger partial charge in [-0.3, -0.25) is 0 Å². The van der Waals surface area contributed by atoms with E-state index in [1.54, 1.807) is 6.07 Å². The zero-order chi connectivity index (χ0) is 13.2. The van der Waals surface area contributed by atoms with E-state index in [1.807, 2.05) is 54.6 Å². The van der Waals surface area contributed by atoms with E-state index in [0.29, 0.717) is 11.1 Å². The van der Waals surface area contributed by atoms with Crippen LogP contribution in [0.3, 0.4) is 0 Å². The number of para-hydroxylation sites is 1. The molecular formula is C16H11BrO2. The van der Waals surface area contributed by atoms with Crippen LogP contribution in [0.4, 0.5) is 0 Å². The number of fused-ring (bicyclic) bond motifs is 1. The number of alkyl halides is 1. The van der Waals surface area contributed by atoms with Crippen LogP contribution in [0.15, 0.2) is 69.9 Å². The van der Waals surface area contributed by atoms with Gasteiger partial charge in [0.25, 0.3) is 0 Å². The van der Waals surface area contributed by atoms with Crippen molar-refractivity contribution in [2.24, 2.45) is 0 Å². The highest BCUT2D eigenvalue weighted by atomic mass is 79.9. The van der Waals surface area contributed by atoms with Crippen molar-refractivity contribution < 1.29 is 4.42 Å². The summed E-state index contributed by atoms with van der Waals surface area (Å²) in [5, 5.41) is 0.928. The van der Waals surface area contributed by atoms with E-state index in [2.05, 4.69) is 15.9 Å². The summed E-state index contributed by atoms with van der Waals surface area (Å²) in [5.41, 5.74) is 1.96. The molecule has 0 aliphatic carbocycles. The third-order valence-corrected chi connectivity index (χ3v) is 4.06. The molecule has 0 saturated heterocycles. The minimum atomic E-state index is -0.301. The van der Waals surface area contributed by atoms with Crippen LogP contribution < -0.4 is 5.63 Å². The molecular weight excluding hydrogens is 304 g/mol. The maximum Gasteiger partial charge on any atom is 0.340 e. The van der Waals surface area contributed by atoms with E-state index < -0.39 is 0 Å². The molecule has 1 aromatic heterocycles. The highest BCUT2D eigenvalue weighted by Crippen LogP contribution is 2.29. The molecule has 0 N–H and O–H groups in total. The first-order chi connectivity index (χ1) is 9.25. The van der Waals surface area contributed by atoms with Crippen LogP contribution in [0.1, 0.15) is 16.0 Å². The van der Waals surface area contributed by atoms with Gasteiger partial charge in [-0.05, 0) is 17.7 Å². The van der Waals surface area contributed by atoms with Crippen LogP contribution in [-0.4, -0.2) is 0 Å². The van der Waals surface area contributed by atoms with Crippen LogP contribution in [0, 0.1) is 0 Å². The Labute approximate surface area is 118 Å². The Morgan fingerprint density at radius 1 is 0.947 bits per heavy atom. The Bertz CT molecular complexity index is 762. The fraction of sp³-hybridized carbons (Fsp3) is 0.0625.